The van der Waals surface area contributed by atoms with E-state index in [1.165, 1.54) is 0 Å². The molecule has 0 saturated carbocycles. The van der Waals surface area contributed by atoms with E-state index in [0.29, 0.717) is 25.3 Å². The molecule has 0 radical (unpaired) electrons. The fraction of sp³-hybridized carbons (Fsp3) is 0.571. The van der Waals surface area contributed by atoms with Crippen molar-refractivity contribution in [2.45, 2.75) is 26.9 Å². The Hall–Kier alpha value is -1.62. The summed E-state index contributed by atoms with van der Waals surface area (Å²) in [5, 5.41) is 3.15. The van der Waals surface area contributed by atoms with Crippen LogP contribution in [0, 0.1) is 6.92 Å². The topological polar surface area (TPSA) is 54.5 Å². The minimum Gasteiger partial charge on any atom is -0.375 e. The van der Waals surface area contributed by atoms with Crippen molar-refractivity contribution in [3.63, 3.8) is 0 Å². The molecule has 1 saturated heterocycles. The monoisotopic (exact) mass is 263 g/mol. The first kappa shape index (κ1) is 13.8. The van der Waals surface area contributed by atoms with Crippen LogP contribution >= 0.6 is 0 Å². The summed E-state index contributed by atoms with van der Waals surface area (Å²) in [6.07, 6.45) is 0.105. The van der Waals surface area contributed by atoms with E-state index in [2.05, 4.69) is 10.3 Å². The minimum atomic E-state index is 0.0554. The number of amides is 1. The largest absolute Gasteiger partial charge is 0.375 e. The summed E-state index contributed by atoms with van der Waals surface area (Å²) < 4.78 is 5.46. The highest BCUT2D eigenvalue weighted by atomic mass is 16.5. The number of hydrogen-bond acceptors (Lipinski definition) is 4. The molecule has 1 aromatic rings. The number of carbonyl (C=O) groups excluding carboxylic acids is 1. The second-order valence-electron chi connectivity index (χ2n) is 4.85. The van der Waals surface area contributed by atoms with Crippen LogP contribution in [0.2, 0.25) is 0 Å². The molecule has 1 unspecified atom stereocenters. The number of anilines is 1. The van der Waals surface area contributed by atoms with Gasteiger partial charge in [-0.25, -0.2) is 4.98 Å². The second kappa shape index (κ2) is 6.02. The summed E-state index contributed by atoms with van der Waals surface area (Å²) >= 11 is 0. The van der Waals surface area contributed by atoms with E-state index in [4.69, 9.17) is 4.74 Å². The molecule has 19 heavy (non-hydrogen) atoms. The Balaban J connectivity index is 2.18. The van der Waals surface area contributed by atoms with E-state index < -0.39 is 0 Å². The highest BCUT2D eigenvalue weighted by Crippen LogP contribution is 2.14. The molecule has 0 aliphatic carbocycles. The molecule has 1 aromatic heterocycles. The van der Waals surface area contributed by atoms with E-state index in [9.17, 15) is 4.79 Å². The lowest BCUT2D eigenvalue weighted by molar-refractivity contribution is -0.0124. The molecular formula is C14H21N3O2. The molecule has 1 N–H and O–H groups in total. The summed E-state index contributed by atoms with van der Waals surface area (Å²) in [6.45, 7) is 8.60. The lowest BCUT2D eigenvalue weighted by atomic mass is 10.1. The third-order valence-electron chi connectivity index (χ3n) is 3.09. The van der Waals surface area contributed by atoms with Crippen LogP contribution in [-0.4, -0.2) is 48.1 Å². The summed E-state index contributed by atoms with van der Waals surface area (Å²) in [5.74, 6) is 0.812. The smallest absolute Gasteiger partial charge is 0.254 e. The standard InChI is InChI=1S/C14H21N3O2/c1-4-15-13-8-12(7-10(2)16-13)14(18)17-5-6-19-11(3)9-17/h7-8,11H,4-6,9H2,1-3H3,(H,15,16). The Bertz CT molecular complexity index is 462. The zero-order valence-electron chi connectivity index (χ0n) is 11.8. The summed E-state index contributed by atoms with van der Waals surface area (Å²) in [7, 11) is 0. The fourth-order valence-electron chi connectivity index (χ4n) is 2.25. The van der Waals surface area contributed by atoms with Crippen LogP contribution < -0.4 is 5.32 Å². The molecule has 0 spiro atoms. The molecule has 104 valence electrons. The number of morpholine rings is 1. The van der Waals surface area contributed by atoms with Gasteiger partial charge in [0.15, 0.2) is 0 Å². The van der Waals surface area contributed by atoms with E-state index in [-0.39, 0.29) is 12.0 Å². The van der Waals surface area contributed by atoms with Gasteiger partial charge in [0.1, 0.15) is 5.82 Å². The average molecular weight is 263 g/mol. The van der Waals surface area contributed by atoms with E-state index >= 15 is 0 Å². The maximum Gasteiger partial charge on any atom is 0.254 e. The third kappa shape index (κ3) is 3.44. The van der Waals surface area contributed by atoms with Gasteiger partial charge in [-0.05, 0) is 32.9 Å². The zero-order valence-corrected chi connectivity index (χ0v) is 11.8. The minimum absolute atomic E-state index is 0.0554. The Morgan fingerprint density at radius 1 is 1.58 bits per heavy atom. The van der Waals surface area contributed by atoms with Crippen LogP contribution in [0.15, 0.2) is 12.1 Å². The first-order valence-corrected chi connectivity index (χ1v) is 6.73. The van der Waals surface area contributed by atoms with Crippen molar-refractivity contribution in [1.29, 1.82) is 0 Å². The summed E-state index contributed by atoms with van der Waals surface area (Å²) in [4.78, 5) is 18.7. The molecule has 1 atom stereocenters. The molecule has 1 fully saturated rings. The van der Waals surface area contributed by atoms with Gasteiger partial charge in [0.2, 0.25) is 0 Å². The molecule has 5 nitrogen and oxygen atoms in total. The summed E-state index contributed by atoms with van der Waals surface area (Å²) in [6, 6.07) is 3.66. The van der Waals surface area contributed by atoms with Gasteiger partial charge >= 0.3 is 0 Å². The predicted octanol–water partition coefficient (Wildman–Crippen LogP) is 1.68. The molecular weight excluding hydrogens is 242 g/mol. The van der Waals surface area contributed by atoms with Crippen molar-refractivity contribution >= 4 is 11.7 Å². The van der Waals surface area contributed by atoms with Crippen molar-refractivity contribution in [3.8, 4) is 0 Å². The second-order valence-corrected chi connectivity index (χ2v) is 4.85. The Kier molecular flexibility index (Phi) is 4.37. The van der Waals surface area contributed by atoms with Crippen LogP contribution in [0.1, 0.15) is 29.9 Å². The van der Waals surface area contributed by atoms with Crippen LogP contribution in [0.3, 0.4) is 0 Å². The van der Waals surface area contributed by atoms with Gasteiger partial charge in [0, 0.05) is 30.9 Å². The number of nitrogens with one attached hydrogen (secondary N) is 1. The van der Waals surface area contributed by atoms with Crippen molar-refractivity contribution in [2.75, 3.05) is 31.6 Å². The van der Waals surface area contributed by atoms with E-state index in [1.807, 2.05) is 37.8 Å². The number of hydrogen-bond donors (Lipinski definition) is 1. The van der Waals surface area contributed by atoms with Gasteiger partial charge in [0.05, 0.1) is 12.7 Å². The lowest BCUT2D eigenvalue weighted by Crippen LogP contribution is -2.44. The molecule has 0 aromatic carbocycles. The van der Waals surface area contributed by atoms with Gasteiger partial charge in [-0.15, -0.1) is 0 Å². The van der Waals surface area contributed by atoms with Gasteiger partial charge in [-0.1, -0.05) is 0 Å². The SMILES string of the molecule is CCNc1cc(C(=O)N2CCOC(C)C2)cc(C)n1. The normalized spacial score (nSPS) is 19.3. The molecule has 1 aliphatic heterocycles. The fourth-order valence-corrected chi connectivity index (χ4v) is 2.25. The maximum atomic E-state index is 12.5. The molecule has 0 bridgehead atoms. The molecule has 5 heteroatoms. The van der Waals surface area contributed by atoms with Crippen molar-refractivity contribution in [1.82, 2.24) is 9.88 Å². The quantitative estimate of drug-likeness (QED) is 0.901. The summed E-state index contributed by atoms with van der Waals surface area (Å²) in [5.41, 5.74) is 1.54. The molecule has 2 heterocycles. The first-order valence-electron chi connectivity index (χ1n) is 6.73. The van der Waals surface area contributed by atoms with Crippen LogP contribution in [0.4, 0.5) is 5.82 Å². The number of nitrogens with zero attached hydrogens (tertiary/aromatic N) is 2. The van der Waals surface area contributed by atoms with Crippen molar-refractivity contribution in [2.24, 2.45) is 0 Å². The Morgan fingerprint density at radius 3 is 3.05 bits per heavy atom. The van der Waals surface area contributed by atoms with E-state index in [1.54, 1.807) is 0 Å². The molecule has 2 rings (SSSR count). The lowest BCUT2D eigenvalue weighted by Gasteiger charge is -2.31. The third-order valence-corrected chi connectivity index (χ3v) is 3.09. The zero-order chi connectivity index (χ0) is 13.8. The number of carbonyl (C=O) groups is 1. The number of aromatic nitrogens is 1. The molecule has 1 aliphatic rings. The number of aryl methyl sites for hydroxylation is 1. The first-order chi connectivity index (χ1) is 9.10. The van der Waals surface area contributed by atoms with E-state index in [0.717, 1.165) is 18.1 Å². The Morgan fingerprint density at radius 2 is 2.37 bits per heavy atom. The van der Waals surface area contributed by atoms with Crippen LogP contribution in [-0.2, 0) is 4.74 Å². The maximum absolute atomic E-state index is 12.5. The average Bonchev–Trinajstić information content (AvgIpc) is 2.37. The van der Waals surface area contributed by atoms with Gasteiger partial charge in [0.25, 0.3) is 5.91 Å². The number of ether oxygens (including phenoxy) is 1. The Labute approximate surface area is 114 Å². The van der Waals surface area contributed by atoms with Gasteiger partial charge in [-0.2, -0.15) is 0 Å². The van der Waals surface area contributed by atoms with Crippen molar-refractivity contribution < 1.29 is 9.53 Å². The van der Waals surface area contributed by atoms with Gasteiger partial charge < -0.3 is 15.0 Å². The van der Waals surface area contributed by atoms with Crippen molar-refractivity contribution in [3.05, 3.63) is 23.4 Å². The number of rotatable bonds is 3. The highest BCUT2D eigenvalue weighted by molar-refractivity contribution is 5.95. The predicted molar refractivity (Wildman–Crippen MR) is 74.5 cm³/mol. The molecule has 1 amide bonds. The highest BCUT2D eigenvalue weighted by Gasteiger charge is 2.22. The van der Waals surface area contributed by atoms with Crippen LogP contribution in [0.25, 0.3) is 0 Å². The van der Waals surface area contributed by atoms with Gasteiger partial charge in [-0.3, -0.25) is 4.79 Å². The number of pyridine rings is 1. The van der Waals surface area contributed by atoms with Crippen LogP contribution in [0.5, 0.6) is 0 Å².